The van der Waals surface area contributed by atoms with E-state index >= 15 is 0 Å². The molecular formula is C15H21N3O3. The summed E-state index contributed by atoms with van der Waals surface area (Å²) in [5.41, 5.74) is 0. The van der Waals surface area contributed by atoms with Gasteiger partial charge >= 0.3 is 11.8 Å². The number of nitrogens with zero attached hydrogens (tertiary/aromatic N) is 2. The van der Waals surface area contributed by atoms with Crippen LogP contribution in [-0.4, -0.2) is 53.8 Å². The number of hydrogen-bond donors (Lipinski definition) is 1. The van der Waals surface area contributed by atoms with Crippen LogP contribution in [0.5, 0.6) is 0 Å². The van der Waals surface area contributed by atoms with E-state index in [1.807, 2.05) is 6.07 Å². The van der Waals surface area contributed by atoms with Crippen LogP contribution in [0.25, 0.3) is 0 Å². The normalized spacial score (nSPS) is 19.1. The van der Waals surface area contributed by atoms with E-state index in [9.17, 15) is 9.59 Å². The third kappa shape index (κ3) is 3.44. The van der Waals surface area contributed by atoms with Gasteiger partial charge in [-0.2, -0.15) is 0 Å². The number of hydrogen-bond acceptors (Lipinski definition) is 4. The summed E-state index contributed by atoms with van der Waals surface area (Å²) in [7, 11) is 0. The van der Waals surface area contributed by atoms with Crippen LogP contribution in [0.15, 0.2) is 22.8 Å². The first kappa shape index (κ1) is 14.1. The molecule has 2 heterocycles. The van der Waals surface area contributed by atoms with E-state index in [0.29, 0.717) is 19.6 Å². The molecule has 2 amide bonds. The molecule has 1 saturated carbocycles. The van der Waals surface area contributed by atoms with Crippen LogP contribution >= 0.6 is 0 Å². The molecule has 1 N–H and O–H groups in total. The molecule has 1 aliphatic heterocycles. The van der Waals surface area contributed by atoms with Gasteiger partial charge in [0.15, 0.2) is 0 Å². The molecular weight excluding hydrogens is 270 g/mol. The molecule has 6 nitrogen and oxygen atoms in total. The lowest BCUT2D eigenvalue weighted by atomic mass is 10.3. The van der Waals surface area contributed by atoms with Crippen molar-refractivity contribution in [3.05, 3.63) is 24.2 Å². The largest absolute Gasteiger partial charge is 0.467 e. The highest BCUT2D eigenvalue weighted by molar-refractivity contribution is 6.35. The Balaban J connectivity index is 1.66. The van der Waals surface area contributed by atoms with Crippen molar-refractivity contribution in [3.63, 3.8) is 0 Å². The molecule has 3 rings (SSSR count). The maximum absolute atomic E-state index is 12.5. The van der Waals surface area contributed by atoms with Gasteiger partial charge in [-0.1, -0.05) is 0 Å². The summed E-state index contributed by atoms with van der Waals surface area (Å²) in [6.07, 6.45) is 4.43. The van der Waals surface area contributed by atoms with Crippen molar-refractivity contribution in [1.29, 1.82) is 0 Å². The predicted molar refractivity (Wildman–Crippen MR) is 76.3 cm³/mol. The Hall–Kier alpha value is -1.82. The molecule has 0 bridgehead atoms. The van der Waals surface area contributed by atoms with E-state index in [1.165, 1.54) is 0 Å². The van der Waals surface area contributed by atoms with Crippen LogP contribution in [0.3, 0.4) is 0 Å². The van der Waals surface area contributed by atoms with E-state index in [4.69, 9.17) is 4.42 Å². The summed E-state index contributed by atoms with van der Waals surface area (Å²) >= 11 is 0. The second kappa shape index (κ2) is 6.30. The van der Waals surface area contributed by atoms with Crippen LogP contribution < -0.4 is 5.32 Å². The Labute approximate surface area is 124 Å². The SMILES string of the molecule is O=C(C(=O)N(Cc1ccco1)C1CC1)N1CCCNCC1. The lowest BCUT2D eigenvalue weighted by molar-refractivity contribution is -0.152. The lowest BCUT2D eigenvalue weighted by Crippen LogP contribution is -2.46. The minimum Gasteiger partial charge on any atom is -0.467 e. The van der Waals surface area contributed by atoms with Gasteiger partial charge < -0.3 is 19.5 Å². The maximum Gasteiger partial charge on any atom is 0.312 e. The molecule has 0 atom stereocenters. The van der Waals surface area contributed by atoms with Crippen molar-refractivity contribution in [2.45, 2.75) is 31.8 Å². The van der Waals surface area contributed by atoms with Gasteiger partial charge in [0.25, 0.3) is 0 Å². The fraction of sp³-hybridized carbons (Fsp3) is 0.600. The third-order valence-corrected chi connectivity index (χ3v) is 3.97. The van der Waals surface area contributed by atoms with Gasteiger partial charge in [0.1, 0.15) is 5.76 Å². The van der Waals surface area contributed by atoms with Crippen molar-refractivity contribution >= 4 is 11.8 Å². The zero-order chi connectivity index (χ0) is 14.7. The molecule has 2 aliphatic rings. The third-order valence-electron chi connectivity index (χ3n) is 3.97. The van der Waals surface area contributed by atoms with Gasteiger partial charge in [0, 0.05) is 25.7 Å². The van der Waals surface area contributed by atoms with Gasteiger partial charge in [0.2, 0.25) is 0 Å². The molecule has 1 aliphatic carbocycles. The fourth-order valence-corrected chi connectivity index (χ4v) is 2.63. The number of nitrogens with one attached hydrogen (secondary N) is 1. The Morgan fingerprint density at radius 2 is 2.19 bits per heavy atom. The molecule has 0 radical (unpaired) electrons. The predicted octanol–water partition coefficient (Wildman–Crippen LogP) is 0.592. The Kier molecular flexibility index (Phi) is 4.24. The fourth-order valence-electron chi connectivity index (χ4n) is 2.63. The molecule has 114 valence electrons. The lowest BCUT2D eigenvalue weighted by Gasteiger charge is -2.25. The van der Waals surface area contributed by atoms with E-state index in [2.05, 4.69) is 5.32 Å². The summed E-state index contributed by atoms with van der Waals surface area (Å²) in [4.78, 5) is 28.3. The van der Waals surface area contributed by atoms with Crippen molar-refractivity contribution in [2.75, 3.05) is 26.2 Å². The monoisotopic (exact) mass is 291 g/mol. The average Bonchev–Trinajstić information content (AvgIpc) is 3.27. The highest BCUT2D eigenvalue weighted by atomic mass is 16.3. The van der Waals surface area contributed by atoms with E-state index < -0.39 is 5.91 Å². The summed E-state index contributed by atoms with van der Waals surface area (Å²) < 4.78 is 5.31. The Morgan fingerprint density at radius 3 is 2.90 bits per heavy atom. The standard InChI is InChI=1S/C15H21N3O3/c19-14(17-8-2-6-16-7-9-17)15(20)18(12-4-5-12)11-13-3-1-10-21-13/h1,3,10,12,16H,2,4-9,11H2. The van der Waals surface area contributed by atoms with Crippen LogP contribution in [0.2, 0.25) is 0 Å². The van der Waals surface area contributed by atoms with Crippen LogP contribution in [0.1, 0.15) is 25.0 Å². The van der Waals surface area contributed by atoms with Gasteiger partial charge in [-0.15, -0.1) is 0 Å². The molecule has 6 heteroatoms. The number of furan rings is 1. The second-order valence-electron chi connectivity index (χ2n) is 5.64. The molecule has 1 saturated heterocycles. The highest BCUT2D eigenvalue weighted by Crippen LogP contribution is 2.28. The second-order valence-corrected chi connectivity index (χ2v) is 5.64. The minimum absolute atomic E-state index is 0.191. The molecule has 0 aromatic carbocycles. The van der Waals surface area contributed by atoms with Gasteiger partial charge in [-0.3, -0.25) is 9.59 Å². The molecule has 0 spiro atoms. The molecule has 0 unspecified atom stereocenters. The number of carbonyl (C=O) groups is 2. The number of rotatable bonds is 3. The van der Waals surface area contributed by atoms with E-state index in [1.54, 1.807) is 22.1 Å². The number of carbonyl (C=O) groups excluding carboxylic acids is 2. The summed E-state index contributed by atoms with van der Waals surface area (Å²) in [6.45, 7) is 3.28. The summed E-state index contributed by atoms with van der Waals surface area (Å²) in [5, 5.41) is 3.24. The van der Waals surface area contributed by atoms with Crippen molar-refractivity contribution in [3.8, 4) is 0 Å². The minimum atomic E-state index is -0.393. The first-order chi connectivity index (χ1) is 10.3. The Morgan fingerprint density at radius 1 is 1.33 bits per heavy atom. The van der Waals surface area contributed by atoms with Crippen LogP contribution in [0, 0.1) is 0 Å². The van der Waals surface area contributed by atoms with E-state index in [0.717, 1.165) is 38.1 Å². The molecule has 21 heavy (non-hydrogen) atoms. The molecule has 1 aromatic heterocycles. The molecule has 1 aromatic rings. The summed E-state index contributed by atoms with van der Waals surface area (Å²) in [5.74, 6) is -0.0476. The first-order valence-electron chi connectivity index (χ1n) is 7.58. The van der Waals surface area contributed by atoms with Crippen molar-refractivity contribution < 1.29 is 14.0 Å². The van der Waals surface area contributed by atoms with Gasteiger partial charge in [0.05, 0.1) is 12.8 Å². The van der Waals surface area contributed by atoms with Crippen LogP contribution in [0.4, 0.5) is 0 Å². The van der Waals surface area contributed by atoms with Crippen LogP contribution in [-0.2, 0) is 16.1 Å². The Bertz CT molecular complexity index is 488. The smallest absolute Gasteiger partial charge is 0.312 e. The zero-order valence-electron chi connectivity index (χ0n) is 12.1. The quantitative estimate of drug-likeness (QED) is 0.828. The summed E-state index contributed by atoms with van der Waals surface area (Å²) in [6, 6.07) is 3.83. The van der Waals surface area contributed by atoms with Crippen molar-refractivity contribution in [1.82, 2.24) is 15.1 Å². The topological polar surface area (TPSA) is 65.8 Å². The maximum atomic E-state index is 12.5. The van der Waals surface area contributed by atoms with E-state index in [-0.39, 0.29) is 11.9 Å². The van der Waals surface area contributed by atoms with Gasteiger partial charge in [-0.05, 0) is 37.9 Å². The van der Waals surface area contributed by atoms with Crippen molar-refractivity contribution in [2.24, 2.45) is 0 Å². The number of amides is 2. The van der Waals surface area contributed by atoms with Gasteiger partial charge in [-0.25, -0.2) is 0 Å². The first-order valence-corrected chi connectivity index (χ1v) is 7.58. The average molecular weight is 291 g/mol. The highest BCUT2D eigenvalue weighted by Gasteiger charge is 2.37. The zero-order valence-corrected chi connectivity index (χ0v) is 12.1. The molecule has 2 fully saturated rings.